The zero-order chi connectivity index (χ0) is 52.0. The third-order valence-corrected chi connectivity index (χ3v) is 17.1. The van der Waals surface area contributed by atoms with Crippen LogP contribution in [0.5, 0.6) is 0 Å². The Morgan fingerprint density at radius 1 is 0.282 bits per heavy atom. The molecule has 78 heavy (non-hydrogen) atoms. The molecule has 2 heteroatoms. The molecule has 0 saturated carbocycles. The largest absolute Gasteiger partial charge is 0.310 e. The monoisotopic (exact) mass is 994 g/mol. The zero-order valence-electron chi connectivity index (χ0n) is 43.6. The molecule has 0 unspecified atom stereocenters. The zero-order valence-corrected chi connectivity index (χ0v) is 43.6. The Kier molecular flexibility index (Phi) is 10.5. The molecule has 0 N–H and O–H groups in total. The molecule has 15 rings (SSSR count). The summed E-state index contributed by atoms with van der Waals surface area (Å²) in [5.41, 5.74) is 26.6. The normalized spacial score (nSPS) is 13.5. The second-order valence-electron chi connectivity index (χ2n) is 21.6. The number of benzene rings is 12. The molecule has 0 atom stereocenters. The average molecular weight is 995 g/mol. The molecule has 0 aliphatic heterocycles. The van der Waals surface area contributed by atoms with Gasteiger partial charge in [-0.3, -0.25) is 0 Å². The molecule has 12 aromatic carbocycles. The van der Waals surface area contributed by atoms with Gasteiger partial charge in [0.1, 0.15) is 0 Å². The lowest BCUT2D eigenvalue weighted by molar-refractivity contribution is 0.660. The summed E-state index contributed by atoms with van der Waals surface area (Å²) < 4.78 is 2.37. The smallest absolute Gasteiger partial charge is 0.0713 e. The van der Waals surface area contributed by atoms with Gasteiger partial charge < -0.3 is 9.47 Å². The van der Waals surface area contributed by atoms with Crippen LogP contribution in [-0.2, 0) is 10.8 Å². The maximum absolute atomic E-state index is 2.43. The van der Waals surface area contributed by atoms with E-state index >= 15 is 0 Å². The molecule has 368 valence electrons. The fourth-order valence-electron chi connectivity index (χ4n) is 13.4. The van der Waals surface area contributed by atoms with Crippen LogP contribution < -0.4 is 4.90 Å². The third kappa shape index (κ3) is 7.03. The number of hydrogen-bond acceptors (Lipinski definition) is 1. The molecule has 0 radical (unpaired) electrons. The van der Waals surface area contributed by atoms with E-state index in [1.807, 2.05) is 0 Å². The van der Waals surface area contributed by atoms with Gasteiger partial charge in [0, 0.05) is 38.9 Å². The number of aromatic nitrogens is 1. The van der Waals surface area contributed by atoms with E-state index in [1.165, 1.54) is 117 Å². The van der Waals surface area contributed by atoms with Crippen LogP contribution in [0, 0.1) is 0 Å². The summed E-state index contributed by atoms with van der Waals surface area (Å²) in [5.74, 6) is 0. The van der Waals surface area contributed by atoms with Crippen LogP contribution in [0.25, 0.3) is 83.1 Å². The SMILES string of the molecule is CC1(C)c2ccccc2-c2ccc(N(c3ccc(-c4ccc(-c5ccc6c(c5)c5ccccc5n6-c5ccccc5)cc4)cc3)c3ccc(-c4ccc5c(c4)-c4ccccc4C5(c4ccccc4)c4ccccc4)cc3)cc21. The Labute approximate surface area is 456 Å². The van der Waals surface area contributed by atoms with Crippen LogP contribution in [0.2, 0.25) is 0 Å². The Balaban J connectivity index is 0.782. The van der Waals surface area contributed by atoms with Crippen molar-refractivity contribution in [2.45, 2.75) is 24.7 Å². The molecule has 0 fully saturated rings. The maximum atomic E-state index is 2.43. The van der Waals surface area contributed by atoms with Crippen LogP contribution in [0.4, 0.5) is 17.1 Å². The molecule has 2 nitrogen and oxygen atoms in total. The second-order valence-corrected chi connectivity index (χ2v) is 21.6. The van der Waals surface area contributed by atoms with Crippen molar-refractivity contribution in [2.75, 3.05) is 4.90 Å². The predicted octanol–water partition coefficient (Wildman–Crippen LogP) is 19.9. The van der Waals surface area contributed by atoms with E-state index in [2.05, 4.69) is 315 Å². The second kappa shape index (κ2) is 17.9. The lowest BCUT2D eigenvalue weighted by atomic mass is 9.67. The van der Waals surface area contributed by atoms with Crippen molar-refractivity contribution in [3.05, 3.63) is 325 Å². The van der Waals surface area contributed by atoms with Crippen LogP contribution >= 0.6 is 0 Å². The minimum Gasteiger partial charge on any atom is -0.310 e. The molecule has 0 saturated heterocycles. The summed E-state index contributed by atoms with van der Waals surface area (Å²) >= 11 is 0. The van der Waals surface area contributed by atoms with E-state index in [0.717, 1.165) is 17.1 Å². The first kappa shape index (κ1) is 45.6. The van der Waals surface area contributed by atoms with E-state index in [0.29, 0.717) is 0 Å². The first-order valence-corrected chi connectivity index (χ1v) is 27.2. The minimum absolute atomic E-state index is 0.134. The predicted molar refractivity (Wildman–Crippen MR) is 327 cm³/mol. The topological polar surface area (TPSA) is 8.17 Å². The van der Waals surface area contributed by atoms with Crippen molar-refractivity contribution in [3.63, 3.8) is 0 Å². The first-order valence-electron chi connectivity index (χ1n) is 27.2. The molecular formula is C76H54N2. The Morgan fingerprint density at radius 2 is 0.718 bits per heavy atom. The van der Waals surface area contributed by atoms with Gasteiger partial charge in [-0.2, -0.15) is 0 Å². The maximum Gasteiger partial charge on any atom is 0.0713 e. The van der Waals surface area contributed by atoms with Gasteiger partial charge in [0.05, 0.1) is 16.4 Å². The number of hydrogen-bond donors (Lipinski definition) is 0. The van der Waals surface area contributed by atoms with Gasteiger partial charge in [0.15, 0.2) is 0 Å². The molecule has 2 aliphatic rings. The van der Waals surface area contributed by atoms with Gasteiger partial charge in [-0.1, -0.05) is 232 Å². The highest BCUT2D eigenvalue weighted by Gasteiger charge is 2.46. The van der Waals surface area contributed by atoms with E-state index in [4.69, 9.17) is 0 Å². The summed E-state index contributed by atoms with van der Waals surface area (Å²) in [5, 5.41) is 2.51. The number of nitrogens with zero attached hydrogens (tertiary/aromatic N) is 2. The number of fused-ring (bicyclic) bond motifs is 9. The lowest BCUT2D eigenvalue weighted by Gasteiger charge is -2.33. The Bertz CT molecular complexity index is 4380. The molecule has 0 bridgehead atoms. The van der Waals surface area contributed by atoms with E-state index in [9.17, 15) is 0 Å². The van der Waals surface area contributed by atoms with Gasteiger partial charge in [-0.05, 0) is 162 Å². The van der Waals surface area contributed by atoms with E-state index in [1.54, 1.807) is 0 Å². The Morgan fingerprint density at radius 3 is 1.36 bits per heavy atom. The fraction of sp³-hybridized carbons (Fsp3) is 0.0526. The third-order valence-electron chi connectivity index (χ3n) is 17.1. The van der Waals surface area contributed by atoms with Gasteiger partial charge in [0.25, 0.3) is 0 Å². The van der Waals surface area contributed by atoms with Crippen LogP contribution in [0.1, 0.15) is 47.2 Å². The highest BCUT2D eigenvalue weighted by molar-refractivity contribution is 6.10. The van der Waals surface area contributed by atoms with Crippen molar-refractivity contribution in [2.24, 2.45) is 0 Å². The van der Waals surface area contributed by atoms with Crippen LogP contribution in [0.3, 0.4) is 0 Å². The molecule has 0 amide bonds. The minimum atomic E-state index is -0.426. The van der Waals surface area contributed by atoms with Gasteiger partial charge in [-0.15, -0.1) is 0 Å². The fourth-order valence-corrected chi connectivity index (χ4v) is 13.4. The molecule has 13 aromatic rings. The van der Waals surface area contributed by atoms with Crippen molar-refractivity contribution in [1.82, 2.24) is 4.57 Å². The van der Waals surface area contributed by atoms with Crippen LogP contribution in [-0.4, -0.2) is 4.57 Å². The summed E-state index contributed by atoms with van der Waals surface area (Å²) in [6.45, 7) is 4.73. The van der Waals surface area contributed by atoms with Gasteiger partial charge in [0.2, 0.25) is 0 Å². The summed E-state index contributed by atoms with van der Waals surface area (Å²) in [6, 6.07) is 108. The highest BCUT2D eigenvalue weighted by atomic mass is 15.1. The Hall–Kier alpha value is -9.76. The van der Waals surface area contributed by atoms with Crippen molar-refractivity contribution in [3.8, 4) is 61.3 Å². The first-order chi connectivity index (χ1) is 38.4. The summed E-state index contributed by atoms with van der Waals surface area (Å²) in [4.78, 5) is 2.42. The van der Waals surface area contributed by atoms with Crippen molar-refractivity contribution >= 4 is 38.9 Å². The lowest BCUT2D eigenvalue weighted by Crippen LogP contribution is -2.28. The number of para-hydroxylation sites is 2. The van der Waals surface area contributed by atoms with E-state index in [-0.39, 0.29) is 5.41 Å². The van der Waals surface area contributed by atoms with Crippen molar-refractivity contribution < 1.29 is 0 Å². The highest BCUT2D eigenvalue weighted by Crippen LogP contribution is 2.57. The number of anilines is 3. The summed E-state index contributed by atoms with van der Waals surface area (Å²) in [7, 11) is 0. The standard InChI is InChI=1S/C76H54N2/c1-75(2)69-27-15-12-24-63(69)65-45-44-62(50-72(65)75)77(60-40-34-52(35-41-60)51-30-32-53(33-31-51)56-39-47-74-68(49-56)66-26-14-17-29-73(66)78(74)59-22-10-5-11-23-59)61-42-36-54(37-43-61)55-38-46-71-67(48-55)64-25-13-16-28-70(64)76(71,57-18-6-3-7-19-57)58-20-8-4-9-21-58/h3-50H,1-2H3. The molecule has 2 aliphatic carbocycles. The average Bonchev–Trinajstić information content (AvgIpc) is 4.26. The molecule has 1 aromatic heterocycles. The number of rotatable bonds is 9. The van der Waals surface area contributed by atoms with E-state index < -0.39 is 5.41 Å². The van der Waals surface area contributed by atoms with Crippen molar-refractivity contribution in [1.29, 1.82) is 0 Å². The quantitative estimate of drug-likeness (QED) is 0.140. The van der Waals surface area contributed by atoms with Crippen LogP contribution in [0.15, 0.2) is 291 Å². The molecule has 0 spiro atoms. The molecule has 1 heterocycles. The van der Waals surface area contributed by atoms with Gasteiger partial charge >= 0.3 is 0 Å². The van der Waals surface area contributed by atoms with Gasteiger partial charge in [-0.25, -0.2) is 0 Å². The summed E-state index contributed by atoms with van der Waals surface area (Å²) in [6.07, 6.45) is 0. The molecular weight excluding hydrogens is 941 g/mol.